The highest BCUT2D eigenvalue weighted by atomic mass is 32.1. The number of amides is 1. The number of aryl methyl sites for hydroxylation is 1. The molecule has 1 aliphatic rings. The van der Waals surface area contributed by atoms with Crippen molar-refractivity contribution in [2.75, 3.05) is 13.2 Å². The Labute approximate surface area is 185 Å². The van der Waals surface area contributed by atoms with Gasteiger partial charge in [-0.15, -0.1) is 0 Å². The van der Waals surface area contributed by atoms with Gasteiger partial charge in [0.15, 0.2) is 4.83 Å². The van der Waals surface area contributed by atoms with Gasteiger partial charge in [0.2, 0.25) is 17.7 Å². The quantitative estimate of drug-likeness (QED) is 0.537. The van der Waals surface area contributed by atoms with Gasteiger partial charge in [0.1, 0.15) is 5.52 Å². The number of pyridine rings is 2. The van der Waals surface area contributed by atoms with Crippen molar-refractivity contribution in [3.8, 4) is 17.0 Å². The molecule has 0 radical (unpaired) electrons. The van der Waals surface area contributed by atoms with E-state index in [2.05, 4.69) is 20.3 Å². The van der Waals surface area contributed by atoms with Gasteiger partial charge in [0, 0.05) is 31.3 Å². The molecule has 0 bridgehead atoms. The Balaban J connectivity index is 1.23. The Morgan fingerprint density at radius 2 is 2.03 bits per heavy atom. The third-order valence-corrected chi connectivity index (χ3v) is 5.82. The number of hydrogen-bond donors (Lipinski definition) is 1. The van der Waals surface area contributed by atoms with Gasteiger partial charge in [-0.2, -0.15) is 0 Å². The van der Waals surface area contributed by atoms with Crippen LogP contribution >= 0.6 is 11.3 Å². The standard InChI is InChI=1S/C22H26N4O4S/c1-13-4-6-19(23-10-13)30-22-25-18-5-7-20(26-21(18)31-22)29-12-16-8-17(9-16)28-11-14(2)24-15(3)27/h4-7,10,14,16-17H,8-9,11-12H2,1-3H3,(H,24,27)/t14-,16?,17?/m0/s1. The Morgan fingerprint density at radius 1 is 1.23 bits per heavy atom. The van der Waals surface area contributed by atoms with E-state index in [-0.39, 0.29) is 18.1 Å². The maximum atomic E-state index is 11.0. The number of nitrogens with zero attached hydrogens (tertiary/aromatic N) is 3. The number of fused-ring (bicyclic) bond motifs is 1. The average Bonchev–Trinajstić information content (AvgIpc) is 3.09. The molecule has 0 saturated heterocycles. The molecule has 1 N–H and O–H groups in total. The highest BCUT2D eigenvalue weighted by molar-refractivity contribution is 7.19. The number of aromatic nitrogens is 3. The summed E-state index contributed by atoms with van der Waals surface area (Å²) in [6, 6.07) is 7.51. The number of nitrogens with one attached hydrogen (secondary N) is 1. The third kappa shape index (κ3) is 5.89. The minimum atomic E-state index is -0.0353. The van der Waals surface area contributed by atoms with Crippen LogP contribution in [0.4, 0.5) is 0 Å². The molecule has 164 valence electrons. The lowest BCUT2D eigenvalue weighted by Crippen LogP contribution is -2.40. The second-order valence-electron chi connectivity index (χ2n) is 7.93. The summed E-state index contributed by atoms with van der Waals surface area (Å²) in [6.07, 6.45) is 3.90. The van der Waals surface area contributed by atoms with Crippen molar-refractivity contribution < 1.29 is 19.0 Å². The van der Waals surface area contributed by atoms with Crippen LogP contribution in [0.25, 0.3) is 10.3 Å². The highest BCUT2D eigenvalue weighted by Gasteiger charge is 2.30. The van der Waals surface area contributed by atoms with E-state index in [1.54, 1.807) is 6.20 Å². The van der Waals surface area contributed by atoms with E-state index in [4.69, 9.17) is 14.2 Å². The normalized spacial score (nSPS) is 18.9. The van der Waals surface area contributed by atoms with Gasteiger partial charge >= 0.3 is 0 Å². The Hall–Kier alpha value is -2.78. The lowest BCUT2D eigenvalue weighted by molar-refractivity contribution is -0.120. The molecule has 3 aromatic rings. The van der Waals surface area contributed by atoms with Crippen LogP contribution in [-0.2, 0) is 9.53 Å². The zero-order chi connectivity index (χ0) is 21.8. The fourth-order valence-corrected chi connectivity index (χ4v) is 4.12. The maximum Gasteiger partial charge on any atom is 0.282 e. The number of ether oxygens (including phenoxy) is 3. The van der Waals surface area contributed by atoms with Crippen LogP contribution in [0, 0.1) is 12.8 Å². The largest absolute Gasteiger partial charge is 0.477 e. The molecule has 1 saturated carbocycles. The molecule has 0 unspecified atom stereocenters. The molecule has 9 heteroatoms. The molecule has 1 aliphatic carbocycles. The molecular formula is C22H26N4O4S. The lowest BCUT2D eigenvalue weighted by Gasteiger charge is -2.35. The molecule has 1 amide bonds. The first-order valence-corrected chi connectivity index (χ1v) is 11.2. The van der Waals surface area contributed by atoms with Crippen molar-refractivity contribution in [2.24, 2.45) is 5.92 Å². The van der Waals surface area contributed by atoms with E-state index < -0.39 is 0 Å². The SMILES string of the molecule is CC(=O)N[C@@H](C)COC1CC(COc2ccc3nc(Oc4ccc(C)cn4)sc3n2)C1. The summed E-state index contributed by atoms with van der Waals surface area (Å²) in [4.78, 5) is 25.0. The van der Waals surface area contributed by atoms with Crippen LogP contribution in [0.1, 0.15) is 32.3 Å². The molecular weight excluding hydrogens is 416 g/mol. The van der Waals surface area contributed by atoms with Crippen molar-refractivity contribution in [1.29, 1.82) is 0 Å². The molecule has 3 heterocycles. The molecule has 3 aromatic heterocycles. The first kappa shape index (κ1) is 21.5. The summed E-state index contributed by atoms with van der Waals surface area (Å²) in [5.74, 6) is 1.51. The number of carbonyl (C=O) groups is 1. The summed E-state index contributed by atoms with van der Waals surface area (Å²) < 4.78 is 17.4. The van der Waals surface area contributed by atoms with Gasteiger partial charge in [0.05, 0.1) is 19.3 Å². The van der Waals surface area contributed by atoms with Crippen molar-refractivity contribution in [3.05, 3.63) is 36.0 Å². The maximum absolute atomic E-state index is 11.0. The number of hydrogen-bond acceptors (Lipinski definition) is 8. The van der Waals surface area contributed by atoms with Crippen LogP contribution in [0.15, 0.2) is 30.5 Å². The fourth-order valence-electron chi connectivity index (χ4n) is 3.33. The predicted octanol–water partition coefficient (Wildman–Crippen LogP) is 3.89. The van der Waals surface area contributed by atoms with E-state index >= 15 is 0 Å². The average molecular weight is 443 g/mol. The van der Waals surface area contributed by atoms with E-state index in [9.17, 15) is 4.79 Å². The molecule has 0 aliphatic heterocycles. The molecule has 1 atom stereocenters. The van der Waals surface area contributed by atoms with Crippen molar-refractivity contribution in [2.45, 2.75) is 45.8 Å². The second-order valence-corrected chi connectivity index (χ2v) is 8.87. The third-order valence-electron chi connectivity index (χ3n) is 4.98. The minimum Gasteiger partial charge on any atom is -0.477 e. The predicted molar refractivity (Wildman–Crippen MR) is 118 cm³/mol. The molecule has 8 nitrogen and oxygen atoms in total. The van der Waals surface area contributed by atoms with Crippen LogP contribution in [-0.4, -0.2) is 46.2 Å². The zero-order valence-electron chi connectivity index (χ0n) is 17.8. The van der Waals surface area contributed by atoms with Gasteiger partial charge in [-0.05, 0) is 44.2 Å². The number of rotatable bonds is 9. The van der Waals surface area contributed by atoms with E-state index in [0.29, 0.717) is 36.1 Å². The first-order valence-electron chi connectivity index (χ1n) is 10.3. The topological polar surface area (TPSA) is 95.5 Å². The van der Waals surface area contributed by atoms with Crippen LogP contribution < -0.4 is 14.8 Å². The summed E-state index contributed by atoms with van der Waals surface area (Å²) in [5, 5.41) is 3.33. The van der Waals surface area contributed by atoms with E-state index in [1.165, 1.54) is 18.3 Å². The summed E-state index contributed by atoms with van der Waals surface area (Å²) in [6.45, 7) is 6.57. The smallest absolute Gasteiger partial charge is 0.282 e. The molecule has 0 aromatic carbocycles. The second kappa shape index (κ2) is 9.57. The summed E-state index contributed by atoms with van der Waals surface area (Å²) in [7, 11) is 0. The number of thiazole rings is 1. The molecule has 1 fully saturated rings. The monoisotopic (exact) mass is 442 g/mol. The highest BCUT2D eigenvalue weighted by Crippen LogP contribution is 2.33. The molecule has 0 spiro atoms. The van der Waals surface area contributed by atoms with Gasteiger partial charge in [-0.3, -0.25) is 4.79 Å². The van der Waals surface area contributed by atoms with Crippen molar-refractivity contribution in [1.82, 2.24) is 20.3 Å². The number of carbonyl (C=O) groups excluding carboxylic acids is 1. The lowest BCUT2D eigenvalue weighted by atomic mass is 9.83. The summed E-state index contributed by atoms with van der Waals surface area (Å²) in [5.41, 5.74) is 1.84. The zero-order valence-corrected chi connectivity index (χ0v) is 18.6. The fraction of sp³-hybridized carbons (Fsp3) is 0.455. The summed E-state index contributed by atoms with van der Waals surface area (Å²) >= 11 is 1.36. The Kier molecular flexibility index (Phi) is 6.62. The van der Waals surface area contributed by atoms with Gasteiger partial charge in [-0.25, -0.2) is 15.0 Å². The molecule has 31 heavy (non-hydrogen) atoms. The van der Waals surface area contributed by atoms with Crippen LogP contribution in [0.2, 0.25) is 0 Å². The van der Waals surface area contributed by atoms with Crippen molar-refractivity contribution in [3.63, 3.8) is 0 Å². The van der Waals surface area contributed by atoms with E-state index in [0.717, 1.165) is 28.8 Å². The van der Waals surface area contributed by atoms with Crippen molar-refractivity contribution >= 4 is 27.6 Å². The minimum absolute atomic E-state index is 0.0267. The van der Waals surface area contributed by atoms with Gasteiger partial charge in [0.25, 0.3) is 5.19 Å². The van der Waals surface area contributed by atoms with Crippen LogP contribution in [0.3, 0.4) is 0 Å². The molecule has 4 rings (SSSR count). The Bertz CT molecular complexity index is 1030. The van der Waals surface area contributed by atoms with Crippen LogP contribution in [0.5, 0.6) is 17.0 Å². The van der Waals surface area contributed by atoms with Gasteiger partial charge in [-0.1, -0.05) is 17.4 Å². The first-order chi connectivity index (χ1) is 14.9. The van der Waals surface area contributed by atoms with E-state index in [1.807, 2.05) is 38.1 Å². The Morgan fingerprint density at radius 3 is 2.77 bits per heavy atom. The van der Waals surface area contributed by atoms with Gasteiger partial charge < -0.3 is 19.5 Å².